The van der Waals surface area contributed by atoms with Gasteiger partial charge in [-0.05, 0) is 23.8 Å². The van der Waals surface area contributed by atoms with E-state index in [9.17, 15) is 22.4 Å². The Morgan fingerprint density at radius 3 is 2.44 bits per heavy atom. The van der Waals surface area contributed by atoms with Crippen molar-refractivity contribution in [1.29, 1.82) is 0 Å². The Morgan fingerprint density at radius 1 is 1.31 bits per heavy atom. The van der Waals surface area contributed by atoms with Crippen molar-refractivity contribution in [1.82, 2.24) is 0 Å². The molecule has 0 saturated carbocycles. The Balaban J connectivity index is 3.13. The van der Waals surface area contributed by atoms with Gasteiger partial charge >= 0.3 is 12.1 Å². The van der Waals surface area contributed by atoms with Crippen LogP contribution in [0.5, 0.6) is 0 Å². The van der Waals surface area contributed by atoms with Gasteiger partial charge in [0.05, 0.1) is 5.56 Å². The van der Waals surface area contributed by atoms with E-state index in [4.69, 9.17) is 5.11 Å². The third-order valence-electron chi connectivity index (χ3n) is 1.71. The monoisotopic (exact) mass is 234 g/mol. The number of rotatable bonds is 2. The Kier molecular flexibility index (Phi) is 3.31. The molecule has 0 aliphatic carbocycles. The molecule has 0 heterocycles. The molecule has 0 aliphatic rings. The van der Waals surface area contributed by atoms with E-state index in [1.807, 2.05) is 0 Å². The predicted octanol–water partition coefficient (Wildman–Crippen LogP) is 2.94. The van der Waals surface area contributed by atoms with Gasteiger partial charge in [-0.1, -0.05) is 6.07 Å². The molecule has 86 valence electrons. The molecule has 0 unspecified atom stereocenters. The quantitative estimate of drug-likeness (QED) is 0.631. The molecule has 0 amide bonds. The van der Waals surface area contributed by atoms with Crippen LogP contribution in [0.2, 0.25) is 0 Å². The van der Waals surface area contributed by atoms with Gasteiger partial charge < -0.3 is 5.11 Å². The average molecular weight is 234 g/mol. The minimum atomic E-state index is -4.79. The number of alkyl halides is 3. The maximum Gasteiger partial charge on any atom is 0.419 e. The molecule has 0 spiro atoms. The van der Waals surface area contributed by atoms with Crippen LogP contribution in [0.15, 0.2) is 24.3 Å². The largest absolute Gasteiger partial charge is 0.478 e. The number of aliphatic carboxylic acids is 1. The Morgan fingerprint density at radius 2 is 1.94 bits per heavy atom. The molecule has 1 rings (SSSR count). The van der Waals surface area contributed by atoms with Gasteiger partial charge in [-0.3, -0.25) is 0 Å². The lowest BCUT2D eigenvalue weighted by Crippen LogP contribution is -2.08. The normalized spacial score (nSPS) is 12.0. The van der Waals surface area contributed by atoms with Crippen molar-refractivity contribution in [2.45, 2.75) is 6.18 Å². The van der Waals surface area contributed by atoms with Crippen LogP contribution in [0.1, 0.15) is 11.1 Å². The van der Waals surface area contributed by atoms with E-state index in [1.165, 1.54) is 0 Å². The van der Waals surface area contributed by atoms with Gasteiger partial charge in [0, 0.05) is 6.08 Å². The highest BCUT2D eigenvalue weighted by Gasteiger charge is 2.33. The summed E-state index contributed by atoms with van der Waals surface area (Å²) in [5, 5.41) is 8.28. The van der Waals surface area contributed by atoms with Gasteiger partial charge in [-0.15, -0.1) is 0 Å². The fraction of sp³-hybridized carbons (Fsp3) is 0.100. The highest BCUT2D eigenvalue weighted by molar-refractivity contribution is 5.85. The zero-order chi connectivity index (χ0) is 12.3. The van der Waals surface area contributed by atoms with Crippen molar-refractivity contribution in [3.8, 4) is 0 Å². The molecular weight excluding hydrogens is 228 g/mol. The molecule has 0 fully saturated rings. The first-order chi connectivity index (χ1) is 7.30. The number of carboxylic acids is 1. The lowest BCUT2D eigenvalue weighted by Gasteiger charge is -2.08. The summed E-state index contributed by atoms with van der Waals surface area (Å²) in [5.74, 6) is -2.68. The molecule has 0 atom stereocenters. The van der Waals surface area contributed by atoms with Gasteiger partial charge in [0.1, 0.15) is 5.82 Å². The zero-order valence-electron chi connectivity index (χ0n) is 7.75. The van der Waals surface area contributed by atoms with E-state index < -0.39 is 23.5 Å². The Labute approximate surface area is 87.8 Å². The fourth-order valence-corrected chi connectivity index (χ4v) is 1.03. The summed E-state index contributed by atoms with van der Waals surface area (Å²) in [6.45, 7) is 0. The maximum absolute atomic E-state index is 12.8. The van der Waals surface area contributed by atoms with E-state index in [1.54, 1.807) is 0 Å². The third kappa shape index (κ3) is 3.08. The second-order valence-electron chi connectivity index (χ2n) is 2.91. The molecule has 6 heteroatoms. The SMILES string of the molecule is O=C(O)/C=C/c1ccc(F)c(C(F)(F)F)c1. The molecule has 0 aromatic heterocycles. The molecule has 1 aromatic carbocycles. The molecule has 0 saturated heterocycles. The van der Waals surface area contributed by atoms with Crippen molar-refractivity contribution in [2.75, 3.05) is 0 Å². The Bertz CT molecular complexity index is 435. The summed E-state index contributed by atoms with van der Waals surface area (Å²) in [6.07, 6.45) is -3.17. The Hall–Kier alpha value is -1.85. The van der Waals surface area contributed by atoms with Gasteiger partial charge in [0.15, 0.2) is 0 Å². The van der Waals surface area contributed by atoms with E-state index in [-0.39, 0.29) is 5.56 Å². The lowest BCUT2D eigenvalue weighted by atomic mass is 10.1. The molecule has 0 aliphatic heterocycles. The second kappa shape index (κ2) is 4.34. The van der Waals surface area contributed by atoms with E-state index >= 15 is 0 Å². The number of benzene rings is 1. The highest BCUT2D eigenvalue weighted by Crippen LogP contribution is 2.32. The van der Waals surface area contributed by atoms with Crippen LogP contribution < -0.4 is 0 Å². The van der Waals surface area contributed by atoms with E-state index in [0.29, 0.717) is 18.2 Å². The van der Waals surface area contributed by atoms with Crippen molar-refractivity contribution in [3.05, 3.63) is 41.2 Å². The van der Waals surface area contributed by atoms with Crippen LogP contribution in [-0.4, -0.2) is 11.1 Å². The van der Waals surface area contributed by atoms with Gasteiger partial charge in [0.2, 0.25) is 0 Å². The standard InChI is InChI=1S/C10H6F4O2/c11-8-3-1-6(2-4-9(15)16)5-7(8)10(12,13)14/h1-5H,(H,15,16)/b4-2+. The summed E-state index contributed by atoms with van der Waals surface area (Å²) in [7, 11) is 0. The van der Waals surface area contributed by atoms with E-state index in [0.717, 1.165) is 12.1 Å². The van der Waals surface area contributed by atoms with Crippen LogP contribution in [0.25, 0.3) is 6.08 Å². The van der Waals surface area contributed by atoms with Gasteiger partial charge in [0.25, 0.3) is 0 Å². The number of hydrogen-bond donors (Lipinski definition) is 1. The summed E-state index contributed by atoms with van der Waals surface area (Å²) in [5.41, 5.74) is -1.45. The van der Waals surface area contributed by atoms with Crippen molar-refractivity contribution in [3.63, 3.8) is 0 Å². The summed E-state index contributed by atoms with van der Waals surface area (Å²) >= 11 is 0. The summed E-state index contributed by atoms with van der Waals surface area (Å²) < 4.78 is 49.5. The van der Waals surface area contributed by atoms with Crippen LogP contribution in [-0.2, 0) is 11.0 Å². The first kappa shape index (κ1) is 12.2. The number of carbonyl (C=O) groups is 1. The summed E-state index contributed by atoms with van der Waals surface area (Å²) in [6, 6.07) is 2.25. The molecule has 1 N–H and O–H groups in total. The van der Waals surface area contributed by atoms with E-state index in [2.05, 4.69) is 0 Å². The van der Waals surface area contributed by atoms with Crippen molar-refractivity contribution in [2.24, 2.45) is 0 Å². The highest BCUT2D eigenvalue weighted by atomic mass is 19.4. The molecule has 16 heavy (non-hydrogen) atoms. The predicted molar refractivity (Wildman–Crippen MR) is 48.1 cm³/mol. The first-order valence-electron chi connectivity index (χ1n) is 4.08. The second-order valence-corrected chi connectivity index (χ2v) is 2.91. The van der Waals surface area contributed by atoms with Crippen LogP contribution in [0.4, 0.5) is 17.6 Å². The van der Waals surface area contributed by atoms with Crippen molar-refractivity contribution >= 4 is 12.0 Å². The molecule has 1 aromatic rings. The maximum atomic E-state index is 12.8. The number of carboxylic acid groups (broad SMARTS) is 1. The zero-order valence-corrected chi connectivity index (χ0v) is 7.75. The summed E-state index contributed by atoms with van der Waals surface area (Å²) in [4.78, 5) is 10.1. The fourth-order valence-electron chi connectivity index (χ4n) is 1.03. The molecule has 2 nitrogen and oxygen atoms in total. The van der Waals surface area contributed by atoms with Crippen LogP contribution in [0.3, 0.4) is 0 Å². The first-order valence-corrected chi connectivity index (χ1v) is 4.08. The van der Waals surface area contributed by atoms with Gasteiger partial charge in [-0.25, -0.2) is 9.18 Å². The molecule has 0 radical (unpaired) electrons. The topological polar surface area (TPSA) is 37.3 Å². The minimum Gasteiger partial charge on any atom is -0.478 e. The number of halogens is 4. The lowest BCUT2D eigenvalue weighted by molar-refractivity contribution is -0.140. The number of hydrogen-bond acceptors (Lipinski definition) is 1. The molecule has 0 bridgehead atoms. The smallest absolute Gasteiger partial charge is 0.419 e. The third-order valence-corrected chi connectivity index (χ3v) is 1.71. The molecular formula is C10H6F4O2. The van der Waals surface area contributed by atoms with Crippen LogP contribution in [0, 0.1) is 5.82 Å². The average Bonchev–Trinajstić information content (AvgIpc) is 2.14. The van der Waals surface area contributed by atoms with Crippen molar-refractivity contribution < 1.29 is 27.5 Å². The minimum absolute atomic E-state index is 0.0314. The van der Waals surface area contributed by atoms with Gasteiger partial charge in [-0.2, -0.15) is 13.2 Å². The van der Waals surface area contributed by atoms with Crippen LogP contribution >= 0.6 is 0 Å².